The number of piperazine rings is 1. The minimum absolute atomic E-state index is 0.00230. The zero-order valence-corrected chi connectivity index (χ0v) is 17.6. The maximum absolute atomic E-state index is 13.1. The van der Waals surface area contributed by atoms with Gasteiger partial charge in [0, 0.05) is 38.1 Å². The van der Waals surface area contributed by atoms with Crippen LogP contribution >= 0.6 is 0 Å². The Morgan fingerprint density at radius 3 is 2.40 bits per heavy atom. The van der Waals surface area contributed by atoms with Crippen molar-refractivity contribution in [2.24, 2.45) is 0 Å². The van der Waals surface area contributed by atoms with Crippen LogP contribution < -0.4 is 10.2 Å². The van der Waals surface area contributed by atoms with E-state index in [1.54, 1.807) is 36.3 Å². The van der Waals surface area contributed by atoms with Gasteiger partial charge in [-0.2, -0.15) is 0 Å². The molecule has 1 aliphatic rings. The van der Waals surface area contributed by atoms with Crippen molar-refractivity contribution in [1.29, 1.82) is 0 Å². The minimum Gasteiger partial charge on any atom is -0.368 e. The van der Waals surface area contributed by atoms with Crippen molar-refractivity contribution in [2.75, 3.05) is 50.0 Å². The summed E-state index contributed by atoms with van der Waals surface area (Å²) in [6, 6.07) is 9.61. The van der Waals surface area contributed by atoms with Crippen LogP contribution in [0.2, 0.25) is 0 Å². The maximum Gasteiger partial charge on any atom is 0.239 e. The summed E-state index contributed by atoms with van der Waals surface area (Å²) in [5.41, 5.74) is 1.97. The average molecular weight is 413 g/mol. The van der Waals surface area contributed by atoms with Gasteiger partial charge in [-0.3, -0.25) is 14.5 Å². The average Bonchev–Trinajstić information content (AvgIpc) is 2.75. The summed E-state index contributed by atoms with van der Waals surface area (Å²) >= 11 is 0. The van der Waals surface area contributed by atoms with Gasteiger partial charge in [0.05, 0.1) is 12.6 Å². The highest BCUT2D eigenvalue weighted by molar-refractivity contribution is 5.92. The van der Waals surface area contributed by atoms with Gasteiger partial charge in [0.15, 0.2) is 0 Å². The number of nitrogens with one attached hydrogen (secondary N) is 1. The van der Waals surface area contributed by atoms with E-state index in [0.717, 1.165) is 11.3 Å². The quantitative estimate of drug-likeness (QED) is 0.786. The second-order valence-electron chi connectivity index (χ2n) is 7.65. The first-order valence-corrected chi connectivity index (χ1v) is 10.1. The Hall–Kier alpha value is -3.00. The van der Waals surface area contributed by atoms with Gasteiger partial charge in [-0.15, -0.1) is 0 Å². The van der Waals surface area contributed by atoms with Crippen LogP contribution in [0.15, 0.2) is 42.6 Å². The molecule has 1 atom stereocenters. The van der Waals surface area contributed by atoms with Gasteiger partial charge in [0.2, 0.25) is 11.8 Å². The van der Waals surface area contributed by atoms with Gasteiger partial charge in [0.25, 0.3) is 0 Å². The number of aromatic nitrogens is 1. The molecule has 0 spiro atoms. The Kier molecular flexibility index (Phi) is 6.99. The molecule has 2 heterocycles. The number of hydrogen-bond donors (Lipinski definition) is 1. The summed E-state index contributed by atoms with van der Waals surface area (Å²) in [6.45, 7) is 6.39. The Balaban J connectivity index is 1.48. The van der Waals surface area contributed by atoms with Gasteiger partial charge < -0.3 is 15.1 Å². The van der Waals surface area contributed by atoms with Crippen molar-refractivity contribution in [2.45, 2.75) is 19.9 Å². The van der Waals surface area contributed by atoms with Crippen LogP contribution in [-0.2, 0) is 9.59 Å². The number of carbonyl (C=O) groups is 2. The molecule has 2 aromatic rings. The normalized spacial score (nSPS) is 15.2. The molecule has 30 heavy (non-hydrogen) atoms. The monoisotopic (exact) mass is 413 g/mol. The number of halogens is 1. The molecule has 0 radical (unpaired) electrons. The second kappa shape index (κ2) is 9.67. The highest BCUT2D eigenvalue weighted by atomic mass is 19.1. The molecule has 1 saturated heterocycles. The molecule has 1 fully saturated rings. The smallest absolute Gasteiger partial charge is 0.239 e. The fourth-order valence-electron chi connectivity index (χ4n) is 3.38. The van der Waals surface area contributed by atoms with Crippen LogP contribution in [0.1, 0.15) is 12.5 Å². The van der Waals surface area contributed by atoms with Crippen LogP contribution in [0.5, 0.6) is 0 Å². The van der Waals surface area contributed by atoms with Crippen LogP contribution in [0.3, 0.4) is 0 Å². The third kappa shape index (κ3) is 5.54. The topological polar surface area (TPSA) is 68.8 Å². The number of carbonyl (C=O) groups excluding carboxylic acids is 2. The Morgan fingerprint density at radius 2 is 1.80 bits per heavy atom. The van der Waals surface area contributed by atoms with E-state index >= 15 is 0 Å². The number of nitrogens with zero attached hydrogens (tertiary/aromatic N) is 4. The Morgan fingerprint density at radius 1 is 1.13 bits per heavy atom. The Labute approximate surface area is 176 Å². The molecule has 8 heteroatoms. The third-order valence-electron chi connectivity index (χ3n) is 5.37. The molecule has 1 N–H and O–H groups in total. The fraction of sp³-hybridized carbons (Fsp3) is 0.409. The number of anilines is 2. The zero-order chi connectivity index (χ0) is 21.7. The number of benzene rings is 1. The first-order valence-electron chi connectivity index (χ1n) is 10.1. The van der Waals surface area contributed by atoms with Gasteiger partial charge in [-0.1, -0.05) is 6.07 Å². The lowest BCUT2D eigenvalue weighted by Crippen LogP contribution is -2.54. The molecule has 7 nitrogen and oxygen atoms in total. The van der Waals surface area contributed by atoms with E-state index in [0.29, 0.717) is 32.0 Å². The SMILES string of the molecule is Cc1ccc(NC(=O)CN(C)C(C)C(=O)N2CCN(c3ccc(F)cc3)CC2)nc1. The molecule has 1 aromatic heterocycles. The van der Waals surface area contributed by atoms with Gasteiger partial charge >= 0.3 is 0 Å². The lowest BCUT2D eigenvalue weighted by molar-refractivity contribution is -0.136. The highest BCUT2D eigenvalue weighted by Gasteiger charge is 2.28. The molecule has 160 valence electrons. The first-order chi connectivity index (χ1) is 14.3. The van der Waals surface area contributed by atoms with E-state index in [-0.39, 0.29) is 24.2 Å². The number of amides is 2. The number of likely N-dealkylation sites (N-methyl/N-ethyl adjacent to an activating group) is 1. The summed E-state index contributed by atoms with van der Waals surface area (Å²) < 4.78 is 13.1. The minimum atomic E-state index is -0.418. The van der Waals surface area contributed by atoms with Crippen LogP contribution in [0, 0.1) is 12.7 Å². The molecule has 1 aliphatic heterocycles. The van der Waals surface area contributed by atoms with Gasteiger partial charge in [0.1, 0.15) is 11.6 Å². The fourth-order valence-corrected chi connectivity index (χ4v) is 3.38. The predicted octanol–water partition coefficient (Wildman–Crippen LogP) is 2.14. The molecule has 0 bridgehead atoms. The molecule has 1 aromatic carbocycles. The van der Waals surface area contributed by atoms with Crippen molar-refractivity contribution >= 4 is 23.3 Å². The number of aryl methyl sites for hydroxylation is 1. The zero-order valence-electron chi connectivity index (χ0n) is 17.6. The van der Waals surface area contributed by atoms with Crippen LogP contribution in [0.4, 0.5) is 15.9 Å². The summed E-state index contributed by atoms with van der Waals surface area (Å²) in [5.74, 6) is 0.0219. The second-order valence-corrected chi connectivity index (χ2v) is 7.65. The van der Waals surface area contributed by atoms with E-state index in [1.807, 2.05) is 24.8 Å². The third-order valence-corrected chi connectivity index (χ3v) is 5.37. The summed E-state index contributed by atoms with van der Waals surface area (Å²) in [7, 11) is 1.76. The van der Waals surface area contributed by atoms with Crippen molar-refractivity contribution in [3.05, 3.63) is 54.0 Å². The van der Waals surface area contributed by atoms with E-state index in [9.17, 15) is 14.0 Å². The largest absolute Gasteiger partial charge is 0.368 e. The Bertz CT molecular complexity index is 864. The molecule has 3 rings (SSSR count). The van der Waals surface area contributed by atoms with E-state index < -0.39 is 6.04 Å². The maximum atomic E-state index is 13.1. The lowest BCUT2D eigenvalue weighted by atomic mass is 10.2. The van der Waals surface area contributed by atoms with Crippen molar-refractivity contribution in [3.63, 3.8) is 0 Å². The molecule has 0 aliphatic carbocycles. The summed E-state index contributed by atoms with van der Waals surface area (Å²) in [4.78, 5) is 35.0. The first kappa shape index (κ1) is 21.7. The number of hydrogen-bond acceptors (Lipinski definition) is 5. The molecule has 2 amide bonds. The summed E-state index contributed by atoms with van der Waals surface area (Å²) in [5, 5.41) is 2.75. The number of pyridine rings is 1. The molecular formula is C22H28FN5O2. The number of rotatable bonds is 6. The van der Waals surface area contributed by atoms with Gasteiger partial charge in [-0.05, 0) is 56.8 Å². The van der Waals surface area contributed by atoms with E-state index in [4.69, 9.17) is 0 Å². The van der Waals surface area contributed by atoms with Crippen molar-refractivity contribution < 1.29 is 14.0 Å². The molecule has 0 saturated carbocycles. The van der Waals surface area contributed by atoms with Crippen LogP contribution in [0.25, 0.3) is 0 Å². The van der Waals surface area contributed by atoms with Crippen molar-refractivity contribution in [3.8, 4) is 0 Å². The van der Waals surface area contributed by atoms with Crippen molar-refractivity contribution in [1.82, 2.24) is 14.8 Å². The van der Waals surface area contributed by atoms with E-state index in [2.05, 4.69) is 15.2 Å². The van der Waals surface area contributed by atoms with E-state index in [1.165, 1.54) is 12.1 Å². The molecular weight excluding hydrogens is 385 g/mol. The van der Waals surface area contributed by atoms with Gasteiger partial charge in [-0.25, -0.2) is 9.37 Å². The summed E-state index contributed by atoms with van der Waals surface area (Å²) in [6.07, 6.45) is 1.69. The predicted molar refractivity (Wildman–Crippen MR) is 115 cm³/mol. The van der Waals surface area contributed by atoms with Crippen LogP contribution in [-0.4, -0.2) is 72.4 Å². The standard InChI is InChI=1S/C22H28FN5O2/c1-16-4-9-20(24-14-16)25-21(29)15-26(3)17(2)22(30)28-12-10-27(11-13-28)19-7-5-18(23)6-8-19/h4-9,14,17H,10-13,15H2,1-3H3,(H,24,25,29). The lowest BCUT2D eigenvalue weighted by Gasteiger charge is -2.38. The highest BCUT2D eigenvalue weighted by Crippen LogP contribution is 2.17. The molecule has 1 unspecified atom stereocenters.